The second kappa shape index (κ2) is 5.38. The summed E-state index contributed by atoms with van der Waals surface area (Å²) >= 11 is 3.29. The van der Waals surface area contributed by atoms with Crippen molar-refractivity contribution in [2.75, 3.05) is 0 Å². The number of benzene rings is 2. The zero-order valence-electron chi connectivity index (χ0n) is 10.4. The number of nitro groups is 2. The Kier molecular flexibility index (Phi) is 3.80. The van der Waals surface area contributed by atoms with Crippen LogP contribution in [-0.2, 0) is 0 Å². The Labute approximate surface area is 122 Å². The van der Waals surface area contributed by atoms with Crippen LogP contribution < -0.4 is 0 Å². The second-order valence-corrected chi connectivity index (χ2v) is 5.12. The van der Waals surface area contributed by atoms with E-state index in [1.165, 1.54) is 18.2 Å². The van der Waals surface area contributed by atoms with Gasteiger partial charge in [0.2, 0.25) is 0 Å². The maximum absolute atomic E-state index is 11.1. The SMILES string of the molecule is Cc1cc(Br)cc(-c2c([N+](=O)[O-])cccc2[N+](=O)[O-])c1. The van der Waals surface area contributed by atoms with Crippen LogP contribution in [0.25, 0.3) is 11.1 Å². The first-order valence-corrected chi connectivity index (χ1v) is 6.39. The van der Waals surface area contributed by atoms with Crippen LogP contribution in [0.3, 0.4) is 0 Å². The predicted octanol–water partition coefficient (Wildman–Crippen LogP) is 4.24. The highest BCUT2D eigenvalue weighted by Gasteiger charge is 2.26. The molecule has 0 spiro atoms. The first-order chi connectivity index (χ1) is 9.40. The van der Waals surface area contributed by atoms with Crippen molar-refractivity contribution in [1.82, 2.24) is 0 Å². The van der Waals surface area contributed by atoms with Crippen molar-refractivity contribution in [3.63, 3.8) is 0 Å². The monoisotopic (exact) mass is 336 g/mol. The van der Waals surface area contributed by atoms with Crippen LogP contribution in [0.5, 0.6) is 0 Å². The van der Waals surface area contributed by atoms with Crippen LogP contribution in [0.2, 0.25) is 0 Å². The van der Waals surface area contributed by atoms with Gasteiger partial charge in [0.15, 0.2) is 0 Å². The summed E-state index contributed by atoms with van der Waals surface area (Å²) in [5, 5.41) is 22.2. The van der Waals surface area contributed by atoms with Gasteiger partial charge in [-0.1, -0.05) is 22.0 Å². The molecule has 2 rings (SSSR count). The predicted molar refractivity (Wildman–Crippen MR) is 77.6 cm³/mol. The van der Waals surface area contributed by atoms with Crippen molar-refractivity contribution in [2.45, 2.75) is 6.92 Å². The van der Waals surface area contributed by atoms with Gasteiger partial charge in [-0.3, -0.25) is 20.2 Å². The summed E-state index contributed by atoms with van der Waals surface area (Å²) in [7, 11) is 0. The zero-order valence-corrected chi connectivity index (χ0v) is 12.0. The highest BCUT2D eigenvalue weighted by Crippen LogP contribution is 2.39. The van der Waals surface area contributed by atoms with Crippen molar-refractivity contribution in [1.29, 1.82) is 0 Å². The van der Waals surface area contributed by atoms with E-state index in [1.807, 2.05) is 13.0 Å². The van der Waals surface area contributed by atoms with E-state index < -0.39 is 9.85 Å². The van der Waals surface area contributed by atoms with E-state index in [0.717, 1.165) is 5.56 Å². The number of rotatable bonds is 3. The number of halogens is 1. The Hall–Kier alpha value is -2.28. The molecule has 0 saturated carbocycles. The summed E-state index contributed by atoms with van der Waals surface area (Å²) in [5.74, 6) is 0. The molecule has 0 aliphatic rings. The third-order valence-electron chi connectivity index (χ3n) is 2.74. The Morgan fingerprint density at radius 3 is 2.00 bits per heavy atom. The van der Waals surface area contributed by atoms with Crippen LogP contribution in [0.4, 0.5) is 11.4 Å². The van der Waals surface area contributed by atoms with Crippen molar-refractivity contribution in [3.8, 4) is 11.1 Å². The van der Waals surface area contributed by atoms with Gasteiger partial charge in [-0.05, 0) is 36.2 Å². The molecule has 0 N–H and O–H groups in total. The Morgan fingerprint density at radius 2 is 1.55 bits per heavy atom. The molecule has 0 saturated heterocycles. The molecule has 0 amide bonds. The van der Waals surface area contributed by atoms with E-state index in [1.54, 1.807) is 12.1 Å². The van der Waals surface area contributed by atoms with Crippen LogP contribution in [0.1, 0.15) is 5.56 Å². The van der Waals surface area contributed by atoms with Crippen molar-refractivity contribution >= 4 is 27.3 Å². The molecule has 2 aromatic rings. The quantitative estimate of drug-likeness (QED) is 0.619. The van der Waals surface area contributed by atoms with Crippen molar-refractivity contribution in [2.24, 2.45) is 0 Å². The highest BCUT2D eigenvalue weighted by molar-refractivity contribution is 9.10. The van der Waals surface area contributed by atoms with Crippen molar-refractivity contribution in [3.05, 3.63) is 66.7 Å². The van der Waals surface area contributed by atoms with Gasteiger partial charge in [-0.15, -0.1) is 0 Å². The van der Waals surface area contributed by atoms with Gasteiger partial charge in [-0.25, -0.2) is 0 Å². The van der Waals surface area contributed by atoms with Crippen molar-refractivity contribution < 1.29 is 9.85 Å². The third-order valence-corrected chi connectivity index (χ3v) is 3.20. The van der Waals surface area contributed by atoms with E-state index in [0.29, 0.717) is 10.0 Å². The number of nitrogens with zero attached hydrogens (tertiary/aromatic N) is 2. The molecule has 0 heterocycles. The van der Waals surface area contributed by atoms with E-state index in [2.05, 4.69) is 15.9 Å². The lowest BCUT2D eigenvalue weighted by Crippen LogP contribution is -1.98. The molecule has 0 radical (unpaired) electrons. The summed E-state index contributed by atoms with van der Waals surface area (Å²) in [6.07, 6.45) is 0. The maximum Gasteiger partial charge on any atom is 0.284 e. The Balaban J connectivity index is 2.82. The molecule has 0 aliphatic carbocycles. The number of nitro benzene ring substituents is 2. The molecule has 0 unspecified atom stereocenters. The largest absolute Gasteiger partial charge is 0.284 e. The molecule has 0 bridgehead atoms. The minimum Gasteiger partial charge on any atom is -0.258 e. The molecule has 0 aliphatic heterocycles. The maximum atomic E-state index is 11.1. The Bertz CT molecular complexity index is 663. The first kappa shape index (κ1) is 14.1. The minimum absolute atomic E-state index is 0.0203. The Morgan fingerprint density at radius 1 is 1.00 bits per heavy atom. The normalized spacial score (nSPS) is 10.3. The van der Waals surface area contributed by atoms with Gasteiger partial charge in [0.1, 0.15) is 5.56 Å². The van der Waals surface area contributed by atoms with Gasteiger partial charge < -0.3 is 0 Å². The van der Waals surface area contributed by atoms with Crippen LogP contribution in [0, 0.1) is 27.2 Å². The lowest BCUT2D eigenvalue weighted by Gasteiger charge is -2.06. The smallest absolute Gasteiger partial charge is 0.258 e. The van der Waals surface area contributed by atoms with E-state index >= 15 is 0 Å². The van der Waals surface area contributed by atoms with Gasteiger partial charge in [-0.2, -0.15) is 0 Å². The van der Waals surface area contributed by atoms with E-state index in [-0.39, 0.29) is 16.9 Å². The molecule has 2 aromatic carbocycles. The lowest BCUT2D eigenvalue weighted by atomic mass is 10.00. The summed E-state index contributed by atoms with van der Waals surface area (Å²) in [5.41, 5.74) is 0.748. The standard InChI is InChI=1S/C13H9BrN2O4/c1-8-5-9(7-10(14)6-8)13-11(15(17)18)3-2-4-12(13)16(19)20/h2-7H,1H3. The molecule has 102 valence electrons. The fraction of sp³-hybridized carbons (Fsp3) is 0.0769. The number of hydrogen-bond acceptors (Lipinski definition) is 4. The molecular weight excluding hydrogens is 328 g/mol. The number of aryl methyl sites for hydroxylation is 1. The molecule has 0 atom stereocenters. The molecule has 0 aromatic heterocycles. The average Bonchev–Trinajstić information content (AvgIpc) is 2.36. The molecule has 6 nitrogen and oxygen atoms in total. The van der Waals surface area contributed by atoms with Gasteiger partial charge in [0.25, 0.3) is 11.4 Å². The molecule has 7 heteroatoms. The molecule has 20 heavy (non-hydrogen) atoms. The van der Waals surface area contributed by atoms with E-state index in [9.17, 15) is 20.2 Å². The van der Waals surface area contributed by atoms with Gasteiger partial charge in [0.05, 0.1) is 9.85 Å². The van der Waals surface area contributed by atoms with Crippen LogP contribution in [-0.4, -0.2) is 9.85 Å². The summed E-state index contributed by atoms with van der Waals surface area (Å²) in [6, 6.07) is 8.97. The highest BCUT2D eigenvalue weighted by atomic mass is 79.9. The fourth-order valence-electron chi connectivity index (χ4n) is 2.01. The lowest BCUT2D eigenvalue weighted by molar-refractivity contribution is -0.392. The van der Waals surface area contributed by atoms with Crippen LogP contribution >= 0.6 is 15.9 Å². The summed E-state index contributed by atoms with van der Waals surface area (Å²) in [4.78, 5) is 21.0. The zero-order chi connectivity index (χ0) is 14.9. The van der Waals surface area contributed by atoms with Crippen LogP contribution in [0.15, 0.2) is 40.9 Å². The summed E-state index contributed by atoms with van der Waals surface area (Å²) < 4.78 is 0.708. The molecular formula is C13H9BrN2O4. The topological polar surface area (TPSA) is 86.3 Å². The average molecular weight is 337 g/mol. The first-order valence-electron chi connectivity index (χ1n) is 5.59. The fourth-order valence-corrected chi connectivity index (χ4v) is 2.62. The van der Waals surface area contributed by atoms with E-state index in [4.69, 9.17) is 0 Å². The third kappa shape index (κ3) is 2.67. The number of hydrogen-bond donors (Lipinski definition) is 0. The minimum atomic E-state index is -0.613. The van der Waals surface area contributed by atoms with Gasteiger partial charge >= 0.3 is 0 Å². The summed E-state index contributed by atoms with van der Waals surface area (Å²) in [6.45, 7) is 1.81. The molecule has 0 fully saturated rings. The second-order valence-electron chi connectivity index (χ2n) is 4.20. The van der Waals surface area contributed by atoms with Gasteiger partial charge in [0, 0.05) is 16.6 Å².